The molecule has 1 nitrogen and oxygen atoms in total. The molecule has 1 N–H and O–H groups in total. The van der Waals surface area contributed by atoms with Crippen molar-refractivity contribution in [3.63, 3.8) is 0 Å². The number of aliphatic hydroxyl groups is 1. The number of hydrogen-bond donors (Lipinski definition) is 1. The average Bonchev–Trinajstić information content (AvgIpc) is 2.87. The summed E-state index contributed by atoms with van der Waals surface area (Å²) in [7, 11) is 0. The van der Waals surface area contributed by atoms with Gasteiger partial charge in [0.2, 0.25) is 0 Å². The van der Waals surface area contributed by atoms with Gasteiger partial charge < -0.3 is 5.11 Å². The van der Waals surface area contributed by atoms with Gasteiger partial charge in [-0.25, -0.2) is 0 Å². The summed E-state index contributed by atoms with van der Waals surface area (Å²) < 4.78 is 0. The SMILES string of the molecule is CC1CC1C(C)(O)C1CCCCCC1. The minimum absolute atomic E-state index is 0.357. The zero-order valence-electron chi connectivity index (χ0n) is 9.63. The van der Waals surface area contributed by atoms with E-state index in [1.165, 1.54) is 44.9 Å². The summed E-state index contributed by atoms with van der Waals surface area (Å²) in [5, 5.41) is 10.6. The molecule has 0 aromatic heterocycles. The van der Waals surface area contributed by atoms with E-state index in [1.807, 2.05) is 0 Å². The lowest BCUT2D eigenvalue weighted by Crippen LogP contribution is -2.37. The third-order valence-electron chi connectivity index (χ3n) is 4.54. The second kappa shape index (κ2) is 3.84. The van der Waals surface area contributed by atoms with Crippen LogP contribution in [0.4, 0.5) is 0 Å². The van der Waals surface area contributed by atoms with Crippen LogP contribution >= 0.6 is 0 Å². The van der Waals surface area contributed by atoms with Crippen molar-refractivity contribution < 1.29 is 5.11 Å². The molecule has 14 heavy (non-hydrogen) atoms. The molecular formula is C13H24O. The Kier molecular flexibility index (Phi) is 2.88. The van der Waals surface area contributed by atoms with Crippen LogP contribution in [0.15, 0.2) is 0 Å². The van der Waals surface area contributed by atoms with Gasteiger partial charge in [0.15, 0.2) is 0 Å². The second-order valence-corrected chi connectivity index (χ2v) is 5.73. The molecule has 0 aliphatic heterocycles. The Morgan fingerprint density at radius 3 is 2.00 bits per heavy atom. The van der Waals surface area contributed by atoms with Crippen LogP contribution in [0.3, 0.4) is 0 Å². The Balaban J connectivity index is 1.97. The lowest BCUT2D eigenvalue weighted by atomic mass is 9.79. The van der Waals surface area contributed by atoms with Gasteiger partial charge in [-0.05, 0) is 43.9 Å². The molecule has 0 aromatic rings. The monoisotopic (exact) mass is 196 g/mol. The molecule has 0 bridgehead atoms. The molecule has 0 spiro atoms. The highest BCUT2D eigenvalue weighted by Gasteiger charge is 2.50. The van der Waals surface area contributed by atoms with Crippen LogP contribution in [0.2, 0.25) is 0 Å². The van der Waals surface area contributed by atoms with Crippen LogP contribution in [0.25, 0.3) is 0 Å². The smallest absolute Gasteiger partial charge is 0.0678 e. The van der Waals surface area contributed by atoms with Crippen molar-refractivity contribution in [2.75, 3.05) is 0 Å². The molecule has 0 saturated heterocycles. The summed E-state index contributed by atoms with van der Waals surface area (Å²) in [6.45, 7) is 4.37. The molecule has 0 amide bonds. The zero-order valence-corrected chi connectivity index (χ0v) is 9.63. The van der Waals surface area contributed by atoms with Gasteiger partial charge in [0.1, 0.15) is 0 Å². The van der Waals surface area contributed by atoms with E-state index in [9.17, 15) is 5.11 Å². The van der Waals surface area contributed by atoms with Gasteiger partial charge in [-0.15, -0.1) is 0 Å². The maximum atomic E-state index is 10.6. The van der Waals surface area contributed by atoms with Gasteiger partial charge >= 0.3 is 0 Å². The molecule has 0 heterocycles. The zero-order chi connectivity index (χ0) is 10.2. The maximum absolute atomic E-state index is 10.6. The van der Waals surface area contributed by atoms with Crippen LogP contribution in [0.5, 0.6) is 0 Å². The molecule has 3 atom stereocenters. The summed E-state index contributed by atoms with van der Waals surface area (Å²) in [5.74, 6) is 1.96. The molecule has 2 aliphatic rings. The highest BCUT2D eigenvalue weighted by atomic mass is 16.3. The van der Waals surface area contributed by atoms with Crippen molar-refractivity contribution in [3.05, 3.63) is 0 Å². The fourth-order valence-electron chi connectivity index (χ4n) is 3.30. The van der Waals surface area contributed by atoms with E-state index in [0.717, 1.165) is 5.92 Å². The molecule has 2 fully saturated rings. The van der Waals surface area contributed by atoms with Crippen LogP contribution in [-0.4, -0.2) is 10.7 Å². The van der Waals surface area contributed by atoms with Gasteiger partial charge in [-0.1, -0.05) is 32.6 Å². The molecule has 0 radical (unpaired) electrons. The van der Waals surface area contributed by atoms with E-state index in [-0.39, 0.29) is 5.60 Å². The third-order valence-corrected chi connectivity index (χ3v) is 4.54. The highest BCUT2D eigenvalue weighted by Crippen LogP contribution is 2.51. The summed E-state index contributed by atoms with van der Waals surface area (Å²) in [5.41, 5.74) is -0.357. The van der Waals surface area contributed by atoms with Crippen molar-refractivity contribution in [1.29, 1.82) is 0 Å². The van der Waals surface area contributed by atoms with Crippen LogP contribution in [0, 0.1) is 17.8 Å². The van der Waals surface area contributed by atoms with Crippen LogP contribution in [-0.2, 0) is 0 Å². The van der Waals surface area contributed by atoms with E-state index in [2.05, 4.69) is 13.8 Å². The highest BCUT2D eigenvalue weighted by molar-refractivity contribution is 5.00. The van der Waals surface area contributed by atoms with Crippen molar-refractivity contribution in [2.45, 2.75) is 64.4 Å². The quantitative estimate of drug-likeness (QED) is 0.671. The second-order valence-electron chi connectivity index (χ2n) is 5.73. The Bertz CT molecular complexity index is 189. The number of rotatable bonds is 2. The van der Waals surface area contributed by atoms with Gasteiger partial charge in [0.25, 0.3) is 0 Å². The molecule has 2 rings (SSSR count). The van der Waals surface area contributed by atoms with E-state index < -0.39 is 0 Å². The average molecular weight is 196 g/mol. The van der Waals surface area contributed by atoms with Gasteiger partial charge in [0.05, 0.1) is 5.60 Å². The summed E-state index contributed by atoms with van der Waals surface area (Å²) in [6, 6.07) is 0. The fourth-order valence-corrected chi connectivity index (χ4v) is 3.30. The predicted octanol–water partition coefficient (Wildman–Crippen LogP) is 3.36. The predicted molar refractivity (Wildman–Crippen MR) is 59.1 cm³/mol. The van der Waals surface area contributed by atoms with Crippen LogP contribution in [0.1, 0.15) is 58.8 Å². The maximum Gasteiger partial charge on any atom is 0.0678 e. The van der Waals surface area contributed by atoms with E-state index in [1.54, 1.807) is 0 Å². The van der Waals surface area contributed by atoms with Crippen molar-refractivity contribution >= 4 is 0 Å². The molecule has 2 aliphatic carbocycles. The van der Waals surface area contributed by atoms with E-state index in [4.69, 9.17) is 0 Å². The normalized spacial score (nSPS) is 38.8. The lowest BCUT2D eigenvalue weighted by Gasteiger charge is -2.33. The van der Waals surface area contributed by atoms with E-state index in [0.29, 0.717) is 11.8 Å². The van der Waals surface area contributed by atoms with Gasteiger partial charge in [-0.2, -0.15) is 0 Å². The Hall–Kier alpha value is -0.0400. The summed E-state index contributed by atoms with van der Waals surface area (Å²) >= 11 is 0. The van der Waals surface area contributed by atoms with Crippen molar-refractivity contribution in [3.8, 4) is 0 Å². The van der Waals surface area contributed by atoms with Crippen molar-refractivity contribution in [1.82, 2.24) is 0 Å². The fraction of sp³-hybridized carbons (Fsp3) is 1.00. The Labute approximate surface area is 87.9 Å². The first kappa shape index (κ1) is 10.5. The molecule has 1 heteroatoms. The topological polar surface area (TPSA) is 20.2 Å². The van der Waals surface area contributed by atoms with Crippen molar-refractivity contribution in [2.24, 2.45) is 17.8 Å². The minimum atomic E-state index is -0.357. The summed E-state index contributed by atoms with van der Waals surface area (Å²) in [4.78, 5) is 0. The van der Waals surface area contributed by atoms with Crippen LogP contribution < -0.4 is 0 Å². The van der Waals surface area contributed by atoms with E-state index >= 15 is 0 Å². The first-order valence-electron chi connectivity index (χ1n) is 6.34. The molecule has 0 aromatic carbocycles. The molecular weight excluding hydrogens is 172 g/mol. The lowest BCUT2D eigenvalue weighted by molar-refractivity contribution is -0.0316. The van der Waals surface area contributed by atoms with Gasteiger partial charge in [0, 0.05) is 0 Å². The molecule has 3 unspecified atom stereocenters. The first-order chi connectivity index (χ1) is 6.62. The Morgan fingerprint density at radius 2 is 1.57 bits per heavy atom. The largest absolute Gasteiger partial charge is 0.390 e. The molecule has 82 valence electrons. The first-order valence-corrected chi connectivity index (χ1v) is 6.34. The molecule has 2 saturated carbocycles. The van der Waals surface area contributed by atoms with Gasteiger partial charge in [-0.3, -0.25) is 0 Å². The standard InChI is InChI=1S/C13H24O/c1-10-9-12(10)13(2,14)11-7-5-3-4-6-8-11/h10-12,14H,3-9H2,1-2H3. The summed E-state index contributed by atoms with van der Waals surface area (Å²) in [6.07, 6.45) is 9.21. The third kappa shape index (κ3) is 1.98. The minimum Gasteiger partial charge on any atom is -0.390 e. The number of hydrogen-bond acceptors (Lipinski definition) is 1. The Morgan fingerprint density at radius 1 is 1.07 bits per heavy atom.